The molecule has 2 atom stereocenters. The van der Waals surface area contributed by atoms with E-state index in [-0.39, 0.29) is 11.8 Å². The Morgan fingerprint density at radius 3 is 2.38 bits per heavy atom. The number of fused-ring (bicyclic) bond motifs is 1. The molecule has 3 N–H and O–H groups in total. The number of hydrazone groups is 1. The molecule has 1 heterocycles. The third-order valence-corrected chi connectivity index (χ3v) is 7.40. The van der Waals surface area contributed by atoms with Crippen LogP contribution < -0.4 is 10.7 Å². The summed E-state index contributed by atoms with van der Waals surface area (Å²) in [4.78, 5) is 37.0. The predicted octanol–water partition coefficient (Wildman–Crippen LogP) is 5.31. The standard InChI is InChI=1S/C25H22ClN3O4S/c1-14(28-29-24(31)22-21(26)19-8-4-5-9-20(19)34-22)15-10-12-16(13-11-15)27-23(30)17-6-2-3-7-18(17)25(32)33/h2-5,8-13,17-18H,6-7H2,1H3,(H,27,30)(H,29,31)(H,32,33). The molecule has 2 aromatic carbocycles. The molecule has 174 valence electrons. The molecule has 0 radical (unpaired) electrons. The average molecular weight is 496 g/mol. The minimum absolute atomic E-state index is 0.317. The Hall–Kier alpha value is -3.49. The van der Waals surface area contributed by atoms with Crippen LogP contribution >= 0.6 is 22.9 Å². The summed E-state index contributed by atoms with van der Waals surface area (Å²) in [5, 5.41) is 17.6. The van der Waals surface area contributed by atoms with E-state index in [1.54, 1.807) is 37.3 Å². The minimum Gasteiger partial charge on any atom is -0.481 e. The highest BCUT2D eigenvalue weighted by Gasteiger charge is 2.33. The van der Waals surface area contributed by atoms with Gasteiger partial charge in [-0.2, -0.15) is 5.10 Å². The lowest BCUT2D eigenvalue weighted by Gasteiger charge is -2.24. The van der Waals surface area contributed by atoms with Crippen molar-refractivity contribution in [2.24, 2.45) is 16.9 Å². The van der Waals surface area contributed by atoms with Gasteiger partial charge >= 0.3 is 5.97 Å². The summed E-state index contributed by atoms with van der Waals surface area (Å²) >= 11 is 7.66. The van der Waals surface area contributed by atoms with Gasteiger partial charge in [0.25, 0.3) is 5.91 Å². The second-order valence-electron chi connectivity index (χ2n) is 7.94. The Balaban J connectivity index is 1.40. The second-order valence-corrected chi connectivity index (χ2v) is 9.37. The Morgan fingerprint density at radius 1 is 1.03 bits per heavy atom. The van der Waals surface area contributed by atoms with Crippen molar-refractivity contribution >= 4 is 62.2 Å². The molecule has 4 rings (SSSR count). The Morgan fingerprint density at radius 2 is 1.71 bits per heavy atom. The van der Waals surface area contributed by atoms with Gasteiger partial charge < -0.3 is 10.4 Å². The van der Waals surface area contributed by atoms with E-state index >= 15 is 0 Å². The number of carbonyl (C=O) groups is 3. The highest BCUT2D eigenvalue weighted by atomic mass is 35.5. The van der Waals surface area contributed by atoms with Crippen LogP contribution in [0.4, 0.5) is 5.69 Å². The number of carboxylic acid groups (broad SMARTS) is 1. The van der Waals surface area contributed by atoms with E-state index in [0.29, 0.717) is 34.1 Å². The fraction of sp³-hybridized carbons (Fsp3) is 0.200. The number of benzene rings is 2. The Labute approximate surface area is 205 Å². The van der Waals surface area contributed by atoms with Gasteiger partial charge in [-0.05, 0) is 43.5 Å². The number of anilines is 1. The average Bonchev–Trinajstić information content (AvgIpc) is 3.19. The van der Waals surface area contributed by atoms with E-state index in [1.165, 1.54) is 11.3 Å². The number of allylic oxidation sites excluding steroid dienone is 2. The molecule has 2 amide bonds. The summed E-state index contributed by atoms with van der Waals surface area (Å²) in [6.07, 6.45) is 4.39. The van der Waals surface area contributed by atoms with Gasteiger partial charge in [0.1, 0.15) is 4.88 Å². The zero-order chi connectivity index (χ0) is 24.2. The Bertz CT molecular complexity index is 1310. The van der Waals surface area contributed by atoms with E-state index in [0.717, 1.165) is 15.6 Å². The number of rotatable bonds is 6. The van der Waals surface area contributed by atoms with Gasteiger partial charge in [-0.25, -0.2) is 5.43 Å². The van der Waals surface area contributed by atoms with Crippen molar-refractivity contribution < 1.29 is 19.5 Å². The molecule has 3 aromatic rings. The molecule has 1 aliphatic rings. The zero-order valence-corrected chi connectivity index (χ0v) is 19.8. The van der Waals surface area contributed by atoms with Crippen molar-refractivity contribution in [1.82, 2.24) is 5.43 Å². The molecule has 9 heteroatoms. The molecule has 0 spiro atoms. The molecule has 1 aliphatic carbocycles. The SMILES string of the molecule is CC(=NNC(=O)c1sc2ccccc2c1Cl)c1ccc(NC(=O)C2CC=CCC2C(=O)O)cc1. The predicted molar refractivity (Wildman–Crippen MR) is 135 cm³/mol. The topological polar surface area (TPSA) is 108 Å². The van der Waals surface area contributed by atoms with Gasteiger partial charge in [-0.15, -0.1) is 11.3 Å². The summed E-state index contributed by atoms with van der Waals surface area (Å²) in [6.45, 7) is 1.76. The van der Waals surface area contributed by atoms with Crippen molar-refractivity contribution in [3.8, 4) is 0 Å². The lowest BCUT2D eigenvalue weighted by molar-refractivity contribution is -0.146. The van der Waals surface area contributed by atoms with E-state index in [4.69, 9.17) is 11.6 Å². The van der Waals surface area contributed by atoms with Crippen LogP contribution in [-0.4, -0.2) is 28.6 Å². The third kappa shape index (κ3) is 5.03. The van der Waals surface area contributed by atoms with Crippen LogP contribution in [0.1, 0.15) is 35.0 Å². The molecule has 0 aliphatic heterocycles. The first-order valence-corrected chi connectivity index (χ1v) is 11.9. The number of nitrogens with one attached hydrogen (secondary N) is 2. The summed E-state index contributed by atoms with van der Waals surface area (Å²) in [6, 6.07) is 14.5. The zero-order valence-electron chi connectivity index (χ0n) is 18.2. The smallest absolute Gasteiger partial charge is 0.307 e. The quantitative estimate of drug-likeness (QED) is 0.244. The van der Waals surface area contributed by atoms with Crippen molar-refractivity contribution in [3.05, 3.63) is 76.1 Å². The van der Waals surface area contributed by atoms with Crippen molar-refractivity contribution in [2.45, 2.75) is 19.8 Å². The highest BCUT2D eigenvalue weighted by molar-refractivity contribution is 7.21. The van der Waals surface area contributed by atoms with E-state index < -0.39 is 17.8 Å². The van der Waals surface area contributed by atoms with Crippen LogP contribution in [0.15, 0.2) is 65.8 Å². The first-order chi connectivity index (χ1) is 16.3. The maximum Gasteiger partial charge on any atom is 0.307 e. The molecular formula is C25H22ClN3O4S. The minimum atomic E-state index is -0.967. The molecule has 1 aromatic heterocycles. The molecule has 0 saturated heterocycles. The number of carboxylic acids is 1. The van der Waals surface area contributed by atoms with E-state index in [1.807, 2.05) is 30.3 Å². The molecule has 0 bridgehead atoms. The summed E-state index contributed by atoms with van der Waals surface area (Å²) in [7, 11) is 0. The van der Waals surface area contributed by atoms with Crippen LogP contribution in [0.5, 0.6) is 0 Å². The number of halogens is 1. The van der Waals surface area contributed by atoms with Crippen LogP contribution in [0.3, 0.4) is 0 Å². The lowest BCUT2D eigenvalue weighted by atomic mass is 9.82. The number of thiophene rings is 1. The number of aliphatic carboxylic acids is 1. The molecule has 2 unspecified atom stereocenters. The monoisotopic (exact) mass is 495 g/mol. The van der Waals surface area contributed by atoms with Gasteiger partial charge in [0.2, 0.25) is 5.91 Å². The maximum absolute atomic E-state index is 12.6. The van der Waals surface area contributed by atoms with Crippen molar-refractivity contribution in [3.63, 3.8) is 0 Å². The molecule has 34 heavy (non-hydrogen) atoms. The summed E-state index contributed by atoms with van der Waals surface area (Å²) in [5.74, 6) is -3.00. The summed E-state index contributed by atoms with van der Waals surface area (Å²) < 4.78 is 0.926. The van der Waals surface area contributed by atoms with Gasteiger partial charge in [0, 0.05) is 15.8 Å². The van der Waals surface area contributed by atoms with E-state index in [9.17, 15) is 19.5 Å². The highest BCUT2D eigenvalue weighted by Crippen LogP contribution is 2.35. The van der Waals surface area contributed by atoms with E-state index in [2.05, 4.69) is 15.8 Å². The molecule has 0 saturated carbocycles. The van der Waals surface area contributed by atoms with Crippen molar-refractivity contribution in [2.75, 3.05) is 5.32 Å². The van der Waals surface area contributed by atoms with Gasteiger partial charge in [-0.3, -0.25) is 14.4 Å². The lowest BCUT2D eigenvalue weighted by Crippen LogP contribution is -2.34. The van der Waals surface area contributed by atoms with Gasteiger partial charge in [0.05, 0.1) is 22.6 Å². The fourth-order valence-electron chi connectivity index (χ4n) is 3.82. The first kappa shape index (κ1) is 23.7. The van der Waals surface area contributed by atoms with Gasteiger partial charge in [0.15, 0.2) is 0 Å². The maximum atomic E-state index is 12.6. The fourth-order valence-corrected chi connectivity index (χ4v) is 5.22. The number of hydrogen-bond acceptors (Lipinski definition) is 5. The van der Waals surface area contributed by atoms with Crippen LogP contribution in [0.25, 0.3) is 10.1 Å². The molecular weight excluding hydrogens is 474 g/mol. The van der Waals surface area contributed by atoms with Crippen LogP contribution in [0.2, 0.25) is 5.02 Å². The molecule has 0 fully saturated rings. The Kier molecular flexibility index (Phi) is 7.09. The third-order valence-electron chi connectivity index (χ3n) is 5.72. The first-order valence-electron chi connectivity index (χ1n) is 10.7. The number of carbonyl (C=O) groups excluding carboxylic acids is 2. The number of amides is 2. The molecule has 7 nitrogen and oxygen atoms in total. The van der Waals surface area contributed by atoms with Crippen LogP contribution in [0, 0.1) is 11.8 Å². The van der Waals surface area contributed by atoms with Gasteiger partial charge in [-0.1, -0.05) is 54.1 Å². The second kappa shape index (κ2) is 10.2. The normalized spacial score (nSPS) is 18.0. The summed E-state index contributed by atoms with van der Waals surface area (Å²) in [5.41, 5.74) is 4.43. The largest absolute Gasteiger partial charge is 0.481 e. The number of nitrogens with zero attached hydrogens (tertiary/aromatic N) is 1. The van der Waals surface area contributed by atoms with Crippen LogP contribution in [-0.2, 0) is 9.59 Å². The number of hydrogen-bond donors (Lipinski definition) is 3. The van der Waals surface area contributed by atoms with Crippen molar-refractivity contribution in [1.29, 1.82) is 0 Å².